The molecule has 1 fully saturated rings. The van der Waals surface area contributed by atoms with Gasteiger partial charge in [-0.2, -0.15) is 0 Å². The van der Waals surface area contributed by atoms with Gasteiger partial charge < -0.3 is 9.64 Å². The van der Waals surface area contributed by atoms with Gasteiger partial charge in [-0.15, -0.1) is 11.6 Å². The normalized spacial score (nSPS) is 19.2. The lowest BCUT2D eigenvalue weighted by atomic mass is 10.2. The van der Waals surface area contributed by atoms with E-state index < -0.39 is 5.97 Å². The number of aromatic nitrogens is 1. The number of alkyl halides is 1. The Kier molecular flexibility index (Phi) is 3.73. The molecule has 7 heteroatoms. The fourth-order valence-corrected chi connectivity index (χ4v) is 2.37. The molecule has 1 saturated heterocycles. The van der Waals surface area contributed by atoms with Crippen LogP contribution in [0.2, 0.25) is 5.15 Å². The number of carbonyl (C=O) groups excluding carboxylic acids is 2. The van der Waals surface area contributed by atoms with E-state index in [0.29, 0.717) is 6.54 Å². The number of ether oxygens (including phenoxy) is 1. The SMILES string of the molecule is COC(=O)c1ccnc(Cl)c1N1CC(Cl)CC1=O. The molecule has 0 saturated carbocycles. The Balaban J connectivity index is 2.49. The van der Waals surface area contributed by atoms with Gasteiger partial charge in [-0.3, -0.25) is 4.79 Å². The van der Waals surface area contributed by atoms with Crippen LogP contribution >= 0.6 is 23.2 Å². The topological polar surface area (TPSA) is 59.5 Å². The maximum atomic E-state index is 11.8. The summed E-state index contributed by atoms with van der Waals surface area (Å²) in [6, 6.07) is 1.46. The molecule has 1 amide bonds. The summed E-state index contributed by atoms with van der Waals surface area (Å²) in [4.78, 5) is 28.7. The van der Waals surface area contributed by atoms with Gasteiger partial charge in [0.1, 0.15) is 0 Å². The Morgan fingerprint density at radius 2 is 2.33 bits per heavy atom. The Bertz CT molecular complexity index is 507. The number of rotatable bonds is 2. The van der Waals surface area contributed by atoms with Crippen LogP contribution in [0.15, 0.2) is 12.3 Å². The zero-order valence-corrected chi connectivity index (χ0v) is 11.0. The fraction of sp³-hybridized carbons (Fsp3) is 0.364. The molecule has 1 aliphatic heterocycles. The number of amides is 1. The van der Waals surface area contributed by atoms with Crippen molar-refractivity contribution < 1.29 is 14.3 Å². The standard InChI is InChI=1S/C11H10Cl2N2O3/c1-18-11(17)7-2-3-14-10(13)9(7)15-5-6(12)4-8(15)16/h2-3,6H,4-5H2,1H3. The largest absolute Gasteiger partial charge is 0.465 e. The van der Waals surface area contributed by atoms with Gasteiger partial charge in [0.15, 0.2) is 5.15 Å². The Labute approximate surface area is 114 Å². The van der Waals surface area contributed by atoms with Crippen LogP contribution in [0.3, 0.4) is 0 Å². The van der Waals surface area contributed by atoms with Crippen molar-refractivity contribution in [2.24, 2.45) is 0 Å². The highest BCUT2D eigenvalue weighted by Gasteiger charge is 2.33. The van der Waals surface area contributed by atoms with Gasteiger partial charge in [0.2, 0.25) is 5.91 Å². The van der Waals surface area contributed by atoms with E-state index in [4.69, 9.17) is 23.2 Å². The van der Waals surface area contributed by atoms with Gasteiger partial charge >= 0.3 is 5.97 Å². The summed E-state index contributed by atoms with van der Waals surface area (Å²) >= 11 is 11.9. The molecule has 0 N–H and O–H groups in total. The number of carbonyl (C=O) groups is 2. The van der Waals surface area contributed by atoms with Crippen LogP contribution in [-0.2, 0) is 9.53 Å². The summed E-state index contributed by atoms with van der Waals surface area (Å²) in [5, 5.41) is -0.212. The highest BCUT2D eigenvalue weighted by Crippen LogP contribution is 2.32. The third-order valence-corrected chi connectivity index (χ3v) is 3.20. The molecule has 0 bridgehead atoms. The van der Waals surface area contributed by atoms with Crippen molar-refractivity contribution in [3.8, 4) is 0 Å². The summed E-state index contributed by atoms with van der Waals surface area (Å²) < 4.78 is 4.66. The smallest absolute Gasteiger partial charge is 0.340 e. The highest BCUT2D eigenvalue weighted by atomic mass is 35.5. The molecule has 0 radical (unpaired) electrons. The number of halogens is 2. The first-order valence-electron chi connectivity index (χ1n) is 5.22. The summed E-state index contributed by atoms with van der Waals surface area (Å²) in [5.74, 6) is -0.754. The van der Waals surface area contributed by atoms with Crippen LogP contribution in [0.25, 0.3) is 0 Å². The number of pyridine rings is 1. The minimum Gasteiger partial charge on any atom is -0.465 e. The van der Waals surface area contributed by atoms with Crippen LogP contribution in [0.5, 0.6) is 0 Å². The van der Waals surface area contributed by atoms with Crippen LogP contribution in [0.4, 0.5) is 5.69 Å². The maximum Gasteiger partial charge on any atom is 0.340 e. The third-order valence-electron chi connectivity index (χ3n) is 2.63. The summed E-state index contributed by atoms with van der Waals surface area (Å²) in [6.07, 6.45) is 1.60. The molecule has 2 rings (SSSR count). The minimum atomic E-state index is -0.569. The van der Waals surface area contributed by atoms with E-state index in [1.807, 2.05) is 0 Å². The quantitative estimate of drug-likeness (QED) is 0.474. The van der Waals surface area contributed by atoms with E-state index >= 15 is 0 Å². The van der Waals surface area contributed by atoms with Crippen LogP contribution < -0.4 is 4.90 Å². The van der Waals surface area contributed by atoms with Crippen molar-refractivity contribution in [3.05, 3.63) is 23.0 Å². The number of anilines is 1. The van der Waals surface area contributed by atoms with Crippen LogP contribution in [-0.4, -0.2) is 35.9 Å². The second-order valence-electron chi connectivity index (χ2n) is 3.80. The molecule has 96 valence electrons. The monoisotopic (exact) mass is 288 g/mol. The number of esters is 1. The lowest BCUT2D eigenvalue weighted by molar-refractivity contribution is -0.117. The minimum absolute atomic E-state index is 0.0806. The van der Waals surface area contributed by atoms with Crippen LogP contribution in [0.1, 0.15) is 16.8 Å². The molecule has 0 spiro atoms. The average molecular weight is 289 g/mol. The molecule has 1 unspecified atom stereocenters. The van der Waals surface area contributed by atoms with E-state index in [1.165, 1.54) is 24.3 Å². The van der Waals surface area contributed by atoms with Gasteiger partial charge in [0.25, 0.3) is 0 Å². The molecule has 1 atom stereocenters. The maximum absolute atomic E-state index is 11.8. The van der Waals surface area contributed by atoms with E-state index in [2.05, 4.69) is 9.72 Å². The van der Waals surface area contributed by atoms with E-state index in [0.717, 1.165) is 0 Å². The van der Waals surface area contributed by atoms with Crippen molar-refractivity contribution >= 4 is 40.8 Å². The number of hydrogen-bond donors (Lipinski definition) is 0. The lowest BCUT2D eigenvalue weighted by Gasteiger charge is -2.19. The first-order valence-corrected chi connectivity index (χ1v) is 6.03. The fourth-order valence-electron chi connectivity index (χ4n) is 1.84. The van der Waals surface area contributed by atoms with E-state index in [9.17, 15) is 9.59 Å². The second-order valence-corrected chi connectivity index (χ2v) is 4.77. The predicted octanol–water partition coefficient (Wildman–Crippen LogP) is 1.87. The lowest BCUT2D eigenvalue weighted by Crippen LogP contribution is -2.27. The first-order chi connectivity index (χ1) is 8.54. The van der Waals surface area contributed by atoms with Gasteiger partial charge in [-0.25, -0.2) is 9.78 Å². The average Bonchev–Trinajstić information content (AvgIpc) is 2.67. The van der Waals surface area contributed by atoms with Gasteiger partial charge in [-0.05, 0) is 6.07 Å². The van der Waals surface area contributed by atoms with Crippen molar-refractivity contribution in [2.75, 3.05) is 18.6 Å². The molecular weight excluding hydrogens is 279 g/mol. The van der Waals surface area contributed by atoms with Gasteiger partial charge in [0, 0.05) is 19.2 Å². The van der Waals surface area contributed by atoms with Crippen molar-refractivity contribution in [3.63, 3.8) is 0 Å². The van der Waals surface area contributed by atoms with Gasteiger partial charge in [0.05, 0.1) is 23.7 Å². The van der Waals surface area contributed by atoms with Crippen molar-refractivity contribution in [2.45, 2.75) is 11.8 Å². The molecule has 0 aromatic carbocycles. The molecule has 1 aromatic heterocycles. The molecule has 0 aliphatic carbocycles. The second kappa shape index (κ2) is 5.12. The molecule has 18 heavy (non-hydrogen) atoms. The summed E-state index contributed by atoms with van der Waals surface area (Å²) in [5.41, 5.74) is 0.468. The Morgan fingerprint density at radius 3 is 2.89 bits per heavy atom. The molecular formula is C11H10Cl2N2O3. The van der Waals surface area contributed by atoms with Crippen LogP contribution in [0, 0.1) is 0 Å². The van der Waals surface area contributed by atoms with E-state index in [1.54, 1.807) is 0 Å². The zero-order chi connectivity index (χ0) is 13.3. The van der Waals surface area contributed by atoms with Gasteiger partial charge in [-0.1, -0.05) is 11.6 Å². The number of hydrogen-bond acceptors (Lipinski definition) is 4. The molecule has 1 aromatic rings. The molecule has 1 aliphatic rings. The predicted molar refractivity (Wildman–Crippen MR) is 67.2 cm³/mol. The van der Waals surface area contributed by atoms with Crippen molar-refractivity contribution in [1.29, 1.82) is 0 Å². The summed E-state index contributed by atoms with van der Waals surface area (Å²) in [6.45, 7) is 0.301. The molecule has 5 nitrogen and oxygen atoms in total. The van der Waals surface area contributed by atoms with Crippen molar-refractivity contribution in [1.82, 2.24) is 4.98 Å². The third kappa shape index (κ3) is 2.28. The summed E-state index contributed by atoms with van der Waals surface area (Å²) in [7, 11) is 1.26. The number of nitrogens with zero attached hydrogens (tertiary/aromatic N) is 2. The first kappa shape index (κ1) is 13.1. The highest BCUT2D eigenvalue weighted by molar-refractivity contribution is 6.34. The molecule has 2 heterocycles. The Hall–Kier alpha value is -1.33. The Morgan fingerprint density at radius 1 is 1.61 bits per heavy atom. The number of methoxy groups -OCH3 is 1. The zero-order valence-electron chi connectivity index (χ0n) is 9.52. The van der Waals surface area contributed by atoms with E-state index in [-0.39, 0.29) is 34.1 Å².